The van der Waals surface area contributed by atoms with Crippen LogP contribution in [0.1, 0.15) is 10.4 Å². The van der Waals surface area contributed by atoms with Gasteiger partial charge >= 0.3 is 5.97 Å². The van der Waals surface area contributed by atoms with Gasteiger partial charge in [0.15, 0.2) is 0 Å². The molecule has 0 heterocycles. The van der Waals surface area contributed by atoms with Crippen molar-refractivity contribution >= 4 is 33.1 Å². The Morgan fingerprint density at radius 2 is 1.22 bits per heavy atom. The van der Waals surface area contributed by atoms with E-state index in [9.17, 15) is 13.2 Å². The summed E-state index contributed by atoms with van der Waals surface area (Å²) in [5.41, 5.74) is 2.17. The molecule has 0 aliphatic rings. The van der Waals surface area contributed by atoms with Crippen LogP contribution in [0.3, 0.4) is 0 Å². The molecule has 4 aromatic rings. The van der Waals surface area contributed by atoms with Crippen molar-refractivity contribution in [2.45, 2.75) is 4.90 Å². The SMILES string of the molecule is O=C(Oc1ccc(Nc2ccccc2NS(=O)(=O)c2ccccc2)cc1)c1ccccc1. The second kappa shape index (κ2) is 9.36. The number of hydrogen-bond acceptors (Lipinski definition) is 5. The van der Waals surface area contributed by atoms with Crippen LogP contribution in [0.5, 0.6) is 5.75 Å². The smallest absolute Gasteiger partial charge is 0.343 e. The van der Waals surface area contributed by atoms with E-state index < -0.39 is 16.0 Å². The van der Waals surface area contributed by atoms with Crippen molar-refractivity contribution in [1.29, 1.82) is 0 Å². The fraction of sp³-hybridized carbons (Fsp3) is 0. The zero-order chi connectivity index (χ0) is 22.4. The van der Waals surface area contributed by atoms with Crippen molar-refractivity contribution in [3.8, 4) is 5.75 Å². The van der Waals surface area contributed by atoms with E-state index in [4.69, 9.17) is 4.74 Å². The number of sulfonamides is 1. The highest BCUT2D eigenvalue weighted by atomic mass is 32.2. The van der Waals surface area contributed by atoms with Crippen molar-refractivity contribution in [2.24, 2.45) is 0 Å². The molecular weight excluding hydrogens is 424 g/mol. The number of carbonyl (C=O) groups is 1. The van der Waals surface area contributed by atoms with Crippen molar-refractivity contribution in [1.82, 2.24) is 0 Å². The van der Waals surface area contributed by atoms with E-state index in [1.807, 2.05) is 6.07 Å². The molecule has 0 saturated heterocycles. The first-order valence-electron chi connectivity index (χ1n) is 9.82. The summed E-state index contributed by atoms with van der Waals surface area (Å²) < 4.78 is 33.4. The van der Waals surface area contributed by atoms with E-state index in [0.29, 0.717) is 28.4 Å². The minimum absolute atomic E-state index is 0.180. The number of rotatable bonds is 7. The first-order chi connectivity index (χ1) is 15.5. The van der Waals surface area contributed by atoms with Crippen LogP contribution in [0, 0.1) is 0 Å². The fourth-order valence-electron chi connectivity index (χ4n) is 2.99. The fourth-order valence-corrected chi connectivity index (χ4v) is 4.09. The third-order valence-electron chi connectivity index (χ3n) is 4.58. The van der Waals surface area contributed by atoms with E-state index in [0.717, 1.165) is 0 Å². The van der Waals surface area contributed by atoms with Crippen LogP contribution in [0.15, 0.2) is 114 Å². The van der Waals surface area contributed by atoms with Gasteiger partial charge in [-0.2, -0.15) is 0 Å². The average molecular weight is 445 g/mol. The molecular formula is C25H20N2O4S. The van der Waals surface area contributed by atoms with Gasteiger partial charge < -0.3 is 10.1 Å². The number of nitrogens with one attached hydrogen (secondary N) is 2. The highest BCUT2D eigenvalue weighted by Gasteiger charge is 2.15. The first-order valence-corrected chi connectivity index (χ1v) is 11.3. The zero-order valence-electron chi connectivity index (χ0n) is 16.9. The van der Waals surface area contributed by atoms with Crippen LogP contribution >= 0.6 is 0 Å². The number of para-hydroxylation sites is 2. The second-order valence-electron chi connectivity index (χ2n) is 6.87. The second-order valence-corrected chi connectivity index (χ2v) is 8.55. The standard InChI is InChI=1S/C25H20N2O4S/c28-25(19-9-3-1-4-10-19)31-21-17-15-20(16-18-21)26-23-13-7-8-14-24(23)27-32(29,30)22-11-5-2-6-12-22/h1-18,26-27H. The number of hydrogen-bond donors (Lipinski definition) is 2. The summed E-state index contributed by atoms with van der Waals surface area (Å²) in [7, 11) is -3.72. The Balaban J connectivity index is 1.47. The molecule has 6 nitrogen and oxygen atoms in total. The topological polar surface area (TPSA) is 84.5 Å². The zero-order valence-corrected chi connectivity index (χ0v) is 17.8. The Kier molecular flexibility index (Phi) is 6.19. The molecule has 0 bridgehead atoms. The molecule has 0 aliphatic carbocycles. The number of ether oxygens (including phenoxy) is 1. The largest absolute Gasteiger partial charge is 0.423 e. The maximum Gasteiger partial charge on any atom is 0.343 e. The van der Waals surface area contributed by atoms with E-state index in [-0.39, 0.29) is 4.90 Å². The van der Waals surface area contributed by atoms with Crippen LogP contribution in [0.2, 0.25) is 0 Å². The van der Waals surface area contributed by atoms with Crippen LogP contribution < -0.4 is 14.8 Å². The van der Waals surface area contributed by atoms with Gasteiger partial charge in [0.1, 0.15) is 5.75 Å². The lowest BCUT2D eigenvalue weighted by molar-refractivity contribution is 0.0734. The van der Waals surface area contributed by atoms with Crippen LogP contribution in [0.4, 0.5) is 17.1 Å². The molecule has 0 aliphatic heterocycles. The van der Waals surface area contributed by atoms with Gasteiger partial charge in [0.25, 0.3) is 10.0 Å². The van der Waals surface area contributed by atoms with Gasteiger partial charge in [0.2, 0.25) is 0 Å². The van der Waals surface area contributed by atoms with Gasteiger partial charge in [-0.25, -0.2) is 13.2 Å². The third-order valence-corrected chi connectivity index (χ3v) is 5.96. The maximum absolute atomic E-state index is 12.7. The minimum Gasteiger partial charge on any atom is -0.423 e. The van der Waals surface area contributed by atoms with E-state index in [1.165, 1.54) is 12.1 Å². The Hall–Kier alpha value is -4.10. The Labute approximate surface area is 186 Å². The lowest BCUT2D eigenvalue weighted by Crippen LogP contribution is -2.13. The molecule has 0 unspecified atom stereocenters. The van der Waals surface area contributed by atoms with Crippen LogP contribution in [-0.4, -0.2) is 14.4 Å². The summed E-state index contributed by atoms with van der Waals surface area (Å²) in [4.78, 5) is 12.4. The van der Waals surface area contributed by atoms with Crippen molar-refractivity contribution in [3.05, 3.63) is 115 Å². The van der Waals surface area contributed by atoms with Crippen molar-refractivity contribution in [3.63, 3.8) is 0 Å². The number of esters is 1. The maximum atomic E-state index is 12.7. The monoisotopic (exact) mass is 444 g/mol. The third kappa shape index (κ3) is 5.14. The highest BCUT2D eigenvalue weighted by Crippen LogP contribution is 2.28. The van der Waals surface area contributed by atoms with Gasteiger partial charge in [0, 0.05) is 5.69 Å². The van der Waals surface area contributed by atoms with Gasteiger partial charge in [-0.3, -0.25) is 4.72 Å². The molecule has 160 valence electrons. The molecule has 0 amide bonds. The lowest BCUT2D eigenvalue weighted by Gasteiger charge is -2.14. The Morgan fingerprint density at radius 3 is 1.88 bits per heavy atom. The number of anilines is 3. The molecule has 0 spiro atoms. The van der Waals surface area contributed by atoms with Crippen LogP contribution in [-0.2, 0) is 10.0 Å². The average Bonchev–Trinajstić information content (AvgIpc) is 2.82. The summed E-state index contributed by atoms with van der Waals surface area (Å²) in [5, 5.41) is 3.19. The van der Waals surface area contributed by atoms with Gasteiger partial charge in [-0.05, 0) is 60.7 Å². The molecule has 0 atom stereocenters. The van der Waals surface area contributed by atoms with Gasteiger partial charge in [0.05, 0.1) is 21.8 Å². The Bertz CT molecular complexity index is 1310. The quantitative estimate of drug-likeness (QED) is 0.292. The number of carbonyl (C=O) groups excluding carboxylic acids is 1. The van der Waals surface area contributed by atoms with Crippen molar-refractivity contribution in [2.75, 3.05) is 10.0 Å². The normalized spacial score (nSPS) is 10.9. The molecule has 0 aromatic heterocycles. The van der Waals surface area contributed by atoms with Gasteiger partial charge in [-0.15, -0.1) is 0 Å². The van der Waals surface area contributed by atoms with E-state index in [2.05, 4.69) is 10.0 Å². The molecule has 7 heteroatoms. The van der Waals surface area contributed by atoms with Gasteiger partial charge in [-0.1, -0.05) is 48.5 Å². The van der Waals surface area contributed by atoms with Crippen molar-refractivity contribution < 1.29 is 17.9 Å². The van der Waals surface area contributed by atoms with E-state index in [1.54, 1.807) is 91.0 Å². The molecule has 0 saturated carbocycles. The predicted molar refractivity (Wildman–Crippen MR) is 125 cm³/mol. The Morgan fingerprint density at radius 1 is 0.656 bits per heavy atom. The van der Waals surface area contributed by atoms with E-state index >= 15 is 0 Å². The highest BCUT2D eigenvalue weighted by molar-refractivity contribution is 7.92. The lowest BCUT2D eigenvalue weighted by atomic mass is 10.2. The summed E-state index contributed by atoms with van der Waals surface area (Å²) in [6, 6.07) is 30.7. The van der Waals surface area contributed by atoms with Crippen LogP contribution in [0.25, 0.3) is 0 Å². The summed E-state index contributed by atoms with van der Waals surface area (Å²) >= 11 is 0. The minimum atomic E-state index is -3.72. The molecule has 0 fully saturated rings. The number of benzene rings is 4. The summed E-state index contributed by atoms with van der Waals surface area (Å²) in [6.45, 7) is 0. The molecule has 0 radical (unpaired) electrons. The molecule has 4 rings (SSSR count). The molecule has 32 heavy (non-hydrogen) atoms. The predicted octanol–water partition coefficient (Wildman–Crippen LogP) is 5.45. The molecule has 2 N–H and O–H groups in total. The molecule has 4 aromatic carbocycles. The first kappa shape index (κ1) is 21.1. The summed E-state index contributed by atoms with van der Waals surface area (Å²) in [6.07, 6.45) is 0. The summed E-state index contributed by atoms with van der Waals surface area (Å²) in [5.74, 6) is -0.0329.